The molecule has 0 bridgehead atoms. The maximum Gasteiger partial charge on any atom is 0.146 e. The maximum absolute atomic E-state index is 10.2. The molecule has 1 aliphatic rings. The summed E-state index contributed by atoms with van der Waals surface area (Å²) in [6.07, 6.45) is 1.79. The monoisotopic (exact) mass is 365 g/mol. The van der Waals surface area contributed by atoms with E-state index >= 15 is 0 Å². The standard InChI is InChI=1S/C26H23NO/c1-2-18-26(22-16-10-5-11-17-22)24(20-12-6-3-7-13-20)23(19-27)25(28-26)21-14-8-4-9-15-21/h3-17,24H,2,18H2,1H3. The zero-order chi connectivity index (χ0) is 19.4. The van der Waals surface area contributed by atoms with Gasteiger partial charge in [0.15, 0.2) is 0 Å². The van der Waals surface area contributed by atoms with Crippen molar-refractivity contribution in [3.05, 3.63) is 113 Å². The first-order valence-corrected chi connectivity index (χ1v) is 9.79. The lowest BCUT2D eigenvalue weighted by atomic mass is 9.72. The molecular weight excluding hydrogens is 342 g/mol. The van der Waals surface area contributed by atoms with Crippen molar-refractivity contribution in [3.8, 4) is 6.07 Å². The van der Waals surface area contributed by atoms with Gasteiger partial charge in [0.1, 0.15) is 11.4 Å². The van der Waals surface area contributed by atoms with Gasteiger partial charge in [0.25, 0.3) is 0 Å². The van der Waals surface area contributed by atoms with E-state index in [1.807, 2.05) is 66.7 Å². The van der Waals surface area contributed by atoms with E-state index in [1.54, 1.807) is 0 Å². The molecule has 0 aliphatic carbocycles. The van der Waals surface area contributed by atoms with Crippen LogP contribution >= 0.6 is 0 Å². The summed E-state index contributed by atoms with van der Waals surface area (Å²) in [5.74, 6) is 0.561. The third kappa shape index (κ3) is 3.00. The van der Waals surface area contributed by atoms with Crippen LogP contribution in [0.2, 0.25) is 0 Å². The molecule has 2 nitrogen and oxygen atoms in total. The Morgan fingerprint density at radius 2 is 1.43 bits per heavy atom. The number of ether oxygens (including phenoxy) is 1. The molecule has 1 heterocycles. The normalized spacial score (nSPS) is 21.2. The highest BCUT2D eigenvalue weighted by molar-refractivity contribution is 5.73. The summed E-state index contributed by atoms with van der Waals surface area (Å²) in [5.41, 5.74) is 3.29. The van der Waals surface area contributed by atoms with Gasteiger partial charge in [-0.15, -0.1) is 0 Å². The fraction of sp³-hybridized carbons (Fsp3) is 0.192. The van der Waals surface area contributed by atoms with Gasteiger partial charge in [-0.25, -0.2) is 0 Å². The van der Waals surface area contributed by atoms with Gasteiger partial charge in [-0.05, 0) is 17.5 Å². The number of hydrogen-bond donors (Lipinski definition) is 0. The van der Waals surface area contributed by atoms with Crippen molar-refractivity contribution in [3.63, 3.8) is 0 Å². The molecule has 0 radical (unpaired) electrons. The quantitative estimate of drug-likeness (QED) is 0.522. The Hall–Kier alpha value is -3.31. The Labute approximate surface area is 166 Å². The second-order valence-corrected chi connectivity index (χ2v) is 7.17. The molecule has 3 aromatic rings. The molecule has 0 fully saturated rings. The van der Waals surface area contributed by atoms with Gasteiger partial charge in [-0.1, -0.05) is 104 Å². The first kappa shape index (κ1) is 18.1. The molecule has 138 valence electrons. The third-order valence-corrected chi connectivity index (χ3v) is 5.46. The molecule has 2 unspecified atom stereocenters. The van der Waals surface area contributed by atoms with Crippen LogP contribution in [-0.2, 0) is 10.3 Å². The van der Waals surface area contributed by atoms with Crippen molar-refractivity contribution in [2.24, 2.45) is 0 Å². The first-order valence-electron chi connectivity index (χ1n) is 9.79. The SMILES string of the molecule is CCCC1(c2ccccc2)OC(c2ccccc2)=C(C#N)C1c1ccccc1. The smallest absolute Gasteiger partial charge is 0.146 e. The molecule has 2 heteroatoms. The van der Waals surface area contributed by atoms with E-state index in [2.05, 4.69) is 37.3 Å². The van der Waals surface area contributed by atoms with E-state index in [0.717, 1.165) is 29.5 Å². The lowest BCUT2D eigenvalue weighted by molar-refractivity contribution is 0.0307. The highest BCUT2D eigenvalue weighted by Gasteiger charge is 2.51. The summed E-state index contributed by atoms with van der Waals surface area (Å²) in [6.45, 7) is 2.17. The number of rotatable bonds is 5. The largest absolute Gasteiger partial charge is 0.480 e. The van der Waals surface area contributed by atoms with E-state index < -0.39 is 5.60 Å². The Balaban J connectivity index is 1.97. The van der Waals surface area contributed by atoms with E-state index in [9.17, 15) is 5.26 Å². The van der Waals surface area contributed by atoms with Gasteiger partial charge in [0.05, 0.1) is 17.6 Å². The van der Waals surface area contributed by atoms with Crippen molar-refractivity contribution in [1.82, 2.24) is 0 Å². The molecule has 4 rings (SSSR count). The van der Waals surface area contributed by atoms with E-state index in [4.69, 9.17) is 4.74 Å². The second kappa shape index (κ2) is 7.74. The number of nitriles is 1. The third-order valence-electron chi connectivity index (χ3n) is 5.46. The van der Waals surface area contributed by atoms with Crippen LogP contribution in [0.1, 0.15) is 42.4 Å². The molecule has 0 amide bonds. The van der Waals surface area contributed by atoms with Crippen LogP contribution in [0.15, 0.2) is 96.6 Å². The minimum Gasteiger partial charge on any atom is -0.480 e. The predicted octanol–water partition coefficient (Wildman–Crippen LogP) is 6.43. The molecule has 0 spiro atoms. The molecule has 3 aromatic carbocycles. The van der Waals surface area contributed by atoms with Crippen LogP contribution in [0.3, 0.4) is 0 Å². The fourth-order valence-electron chi connectivity index (χ4n) is 4.32. The summed E-state index contributed by atoms with van der Waals surface area (Å²) >= 11 is 0. The number of nitrogens with zero attached hydrogens (tertiary/aromatic N) is 1. The molecule has 0 aromatic heterocycles. The molecule has 0 saturated heterocycles. The Morgan fingerprint density at radius 1 is 0.857 bits per heavy atom. The summed E-state index contributed by atoms with van der Waals surface area (Å²) in [6, 6.07) is 33.1. The van der Waals surface area contributed by atoms with Crippen molar-refractivity contribution in [2.45, 2.75) is 31.3 Å². The maximum atomic E-state index is 10.2. The van der Waals surface area contributed by atoms with Crippen LogP contribution < -0.4 is 0 Å². The minimum atomic E-state index is -0.590. The molecule has 28 heavy (non-hydrogen) atoms. The number of benzene rings is 3. The van der Waals surface area contributed by atoms with Crippen LogP contribution in [0.25, 0.3) is 5.76 Å². The average molecular weight is 365 g/mol. The lowest BCUT2D eigenvalue weighted by Crippen LogP contribution is -2.32. The first-order chi connectivity index (χ1) is 13.8. The summed E-state index contributed by atoms with van der Waals surface area (Å²) < 4.78 is 6.79. The highest BCUT2D eigenvalue weighted by atomic mass is 16.5. The molecular formula is C26H23NO. The van der Waals surface area contributed by atoms with Crippen LogP contribution in [0.4, 0.5) is 0 Å². The Kier molecular flexibility index (Phi) is 5.00. The van der Waals surface area contributed by atoms with Gasteiger partial charge in [-0.3, -0.25) is 0 Å². The molecule has 0 N–H and O–H groups in total. The summed E-state index contributed by atoms with van der Waals surface area (Å²) in [4.78, 5) is 0. The van der Waals surface area contributed by atoms with Gasteiger partial charge in [0, 0.05) is 5.56 Å². The van der Waals surface area contributed by atoms with Crippen molar-refractivity contribution in [1.29, 1.82) is 5.26 Å². The van der Waals surface area contributed by atoms with E-state index in [1.165, 1.54) is 0 Å². The Morgan fingerprint density at radius 3 is 2.00 bits per heavy atom. The highest BCUT2D eigenvalue weighted by Crippen LogP contribution is 2.56. The van der Waals surface area contributed by atoms with Crippen LogP contribution in [0.5, 0.6) is 0 Å². The van der Waals surface area contributed by atoms with Crippen molar-refractivity contribution in [2.75, 3.05) is 0 Å². The van der Waals surface area contributed by atoms with Gasteiger partial charge >= 0.3 is 0 Å². The van der Waals surface area contributed by atoms with E-state index in [0.29, 0.717) is 11.3 Å². The minimum absolute atomic E-state index is 0.142. The van der Waals surface area contributed by atoms with Gasteiger partial charge in [-0.2, -0.15) is 5.26 Å². The van der Waals surface area contributed by atoms with Crippen molar-refractivity contribution >= 4 is 5.76 Å². The van der Waals surface area contributed by atoms with Crippen LogP contribution in [-0.4, -0.2) is 0 Å². The zero-order valence-electron chi connectivity index (χ0n) is 16.0. The molecule has 1 aliphatic heterocycles. The zero-order valence-corrected chi connectivity index (χ0v) is 16.0. The Bertz CT molecular complexity index is 1000. The molecule has 2 atom stereocenters. The van der Waals surface area contributed by atoms with E-state index in [-0.39, 0.29) is 5.92 Å². The second-order valence-electron chi connectivity index (χ2n) is 7.17. The molecule has 0 saturated carbocycles. The fourth-order valence-corrected chi connectivity index (χ4v) is 4.32. The topological polar surface area (TPSA) is 33.0 Å². The van der Waals surface area contributed by atoms with Crippen molar-refractivity contribution < 1.29 is 4.74 Å². The van der Waals surface area contributed by atoms with Crippen LogP contribution in [0, 0.1) is 11.3 Å². The number of hydrogen-bond acceptors (Lipinski definition) is 2. The average Bonchev–Trinajstić information content (AvgIpc) is 3.11. The predicted molar refractivity (Wildman–Crippen MR) is 112 cm³/mol. The summed E-state index contributed by atoms with van der Waals surface area (Å²) in [7, 11) is 0. The lowest BCUT2D eigenvalue weighted by Gasteiger charge is -2.36. The van der Waals surface area contributed by atoms with Gasteiger partial charge < -0.3 is 4.74 Å². The summed E-state index contributed by atoms with van der Waals surface area (Å²) in [5, 5.41) is 10.2. The van der Waals surface area contributed by atoms with Gasteiger partial charge in [0.2, 0.25) is 0 Å².